The van der Waals surface area contributed by atoms with Crippen molar-refractivity contribution in [2.75, 3.05) is 11.5 Å². The average Bonchev–Trinajstić information content (AvgIpc) is 2.02. The van der Waals surface area contributed by atoms with E-state index in [0.717, 1.165) is 11.5 Å². The van der Waals surface area contributed by atoms with Gasteiger partial charge in [-0.15, -0.1) is 6.58 Å². The summed E-state index contributed by atoms with van der Waals surface area (Å²) in [6.45, 7) is 9.54. The third-order valence-corrected chi connectivity index (χ3v) is 3.84. The number of carbonyl (C=O) groups excluding carboxylic acids is 1. The van der Waals surface area contributed by atoms with Gasteiger partial charge in [0.05, 0.1) is 0 Å². The van der Waals surface area contributed by atoms with Gasteiger partial charge < -0.3 is 0 Å². The summed E-state index contributed by atoms with van der Waals surface area (Å²) in [5, 5.41) is 0. The molecular weight excluding hydrogens is 200 g/mol. The molecule has 0 heterocycles. The van der Waals surface area contributed by atoms with E-state index in [-0.39, 0.29) is 5.41 Å². The molecule has 0 aliphatic carbocycles. The molecule has 0 saturated carbocycles. The summed E-state index contributed by atoms with van der Waals surface area (Å²) in [4.78, 5) is 11.5. The van der Waals surface area contributed by atoms with Gasteiger partial charge in [-0.05, 0) is 0 Å². The second-order valence-corrected chi connectivity index (χ2v) is 6.45. The molecule has 0 N–H and O–H groups in total. The first kappa shape index (κ1) is 13.1. The van der Waals surface area contributed by atoms with Crippen molar-refractivity contribution in [1.82, 2.24) is 0 Å². The number of Topliss-reactive ketones (excluding diaryl/α,β-unsaturated/α-hetero) is 1. The van der Waals surface area contributed by atoms with Crippen LogP contribution in [0.25, 0.3) is 0 Å². The van der Waals surface area contributed by atoms with E-state index in [2.05, 4.69) is 6.58 Å². The van der Waals surface area contributed by atoms with Crippen molar-refractivity contribution < 1.29 is 4.79 Å². The van der Waals surface area contributed by atoms with Crippen molar-refractivity contribution in [3.8, 4) is 0 Å². The van der Waals surface area contributed by atoms with Gasteiger partial charge >= 0.3 is 0 Å². The molecule has 13 heavy (non-hydrogen) atoms. The van der Waals surface area contributed by atoms with E-state index in [0.29, 0.717) is 12.2 Å². The molecule has 0 atom stereocenters. The molecule has 0 spiro atoms. The van der Waals surface area contributed by atoms with Crippen LogP contribution in [0.1, 0.15) is 27.2 Å². The highest BCUT2D eigenvalue weighted by Crippen LogP contribution is 2.24. The molecule has 1 nitrogen and oxygen atoms in total. The largest absolute Gasteiger partial charge is 0.299 e. The van der Waals surface area contributed by atoms with Gasteiger partial charge in [-0.2, -0.15) is 0 Å². The highest BCUT2D eigenvalue weighted by Gasteiger charge is 2.19. The van der Waals surface area contributed by atoms with Crippen LogP contribution in [-0.4, -0.2) is 17.3 Å². The lowest BCUT2D eigenvalue weighted by atomic mass is 9.89. The Labute approximate surface area is 89.1 Å². The fourth-order valence-corrected chi connectivity index (χ4v) is 2.42. The molecule has 0 bridgehead atoms. The second kappa shape index (κ2) is 6.55. The van der Waals surface area contributed by atoms with Crippen LogP contribution in [-0.2, 0) is 4.79 Å². The van der Waals surface area contributed by atoms with Crippen LogP contribution < -0.4 is 0 Å². The number of carbonyl (C=O) groups is 1. The van der Waals surface area contributed by atoms with E-state index >= 15 is 0 Å². The predicted octanol–water partition coefficient (Wildman–Crippen LogP) is 3.56. The zero-order valence-corrected chi connectivity index (χ0v) is 10.3. The highest BCUT2D eigenvalue weighted by molar-refractivity contribution is 8.76. The third-order valence-electron chi connectivity index (χ3n) is 1.52. The van der Waals surface area contributed by atoms with Crippen LogP contribution in [0.5, 0.6) is 0 Å². The molecular formula is C10H18OS2. The van der Waals surface area contributed by atoms with Crippen molar-refractivity contribution in [1.29, 1.82) is 0 Å². The number of rotatable bonds is 6. The summed E-state index contributed by atoms with van der Waals surface area (Å²) in [5.74, 6) is 2.21. The first-order valence-corrected chi connectivity index (χ1v) is 6.86. The Morgan fingerprint density at radius 3 is 2.46 bits per heavy atom. The SMILES string of the molecule is C=CCSSCCC(=O)C(C)(C)C. The number of hydrogen-bond acceptors (Lipinski definition) is 3. The van der Waals surface area contributed by atoms with Crippen LogP contribution in [0.3, 0.4) is 0 Å². The molecule has 0 amide bonds. The summed E-state index contributed by atoms with van der Waals surface area (Å²) in [7, 11) is 3.50. The molecule has 0 saturated heterocycles. The van der Waals surface area contributed by atoms with Gasteiger partial charge in [-0.1, -0.05) is 48.4 Å². The summed E-state index contributed by atoms with van der Waals surface area (Å²) >= 11 is 0. The van der Waals surface area contributed by atoms with Crippen molar-refractivity contribution in [2.45, 2.75) is 27.2 Å². The fraction of sp³-hybridized carbons (Fsp3) is 0.700. The molecule has 0 aromatic rings. The number of ketones is 1. The van der Waals surface area contributed by atoms with Gasteiger partial charge in [0.25, 0.3) is 0 Å². The predicted molar refractivity (Wildman–Crippen MR) is 64.2 cm³/mol. The van der Waals surface area contributed by atoms with Crippen LogP contribution in [0.15, 0.2) is 12.7 Å². The van der Waals surface area contributed by atoms with E-state index in [1.165, 1.54) is 0 Å². The molecule has 0 aliphatic rings. The Hall–Kier alpha value is 0.110. The quantitative estimate of drug-likeness (QED) is 0.385. The molecule has 0 radical (unpaired) electrons. The van der Waals surface area contributed by atoms with E-state index in [1.54, 1.807) is 21.6 Å². The van der Waals surface area contributed by atoms with Crippen molar-refractivity contribution in [3.05, 3.63) is 12.7 Å². The maximum atomic E-state index is 11.5. The standard InChI is InChI=1S/C10H18OS2/c1-5-7-12-13-8-6-9(11)10(2,3)4/h5H,1,6-8H2,2-4H3. The lowest BCUT2D eigenvalue weighted by Gasteiger charge is -2.15. The van der Waals surface area contributed by atoms with Crippen molar-refractivity contribution in [2.24, 2.45) is 5.41 Å². The number of hydrogen-bond donors (Lipinski definition) is 0. The molecule has 0 aromatic carbocycles. The maximum absolute atomic E-state index is 11.5. The monoisotopic (exact) mass is 218 g/mol. The van der Waals surface area contributed by atoms with Crippen molar-refractivity contribution >= 4 is 27.4 Å². The molecule has 0 unspecified atom stereocenters. The zero-order valence-electron chi connectivity index (χ0n) is 8.63. The summed E-state index contributed by atoms with van der Waals surface area (Å²) < 4.78 is 0. The summed E-state index contributed by atoms with van der Waals surface area (Å²) in [6, 6.07) is 0. The summed E-state index contributed by atoms with van der Waals surface area (Å²) in [6.07, 6.45) is 2.56. The average molecular weight is 218 g/mol. The van der Waals surface area contributed by atoms with E-state index in [1.807, 2.05) is 26.8 Å². The van der Waals surface area contributed by atoms with Gasteiger partial charge in [0, 0.05) is 23.3 Å². The Balaban J connectivity index is 3.43. The van der Waals surface area contributed by atoms with Crippen LogP contribution in [0.4, 0.5) is 0 Å². The molecule has 0 aliphatic heterocycles. The molecule has 0 aromatic heterocycles. The van der Waals surface area contributed by atoms with Gasteiger partial charge in [0.1, 0.15) is 5.78 Å². The first-order chi connectivity index (χ1) is 5.98. The van der Waals surface area contributed by atoms with E-state index < -0.39 is 0 Å². The maximum Gasteiger partial charge on any atom is 0.139 e. The lowest BCUT2D eigenvalue weighted by Crippen LogP contribution is -2.20. The van der Waals surface area contributed by atoms with Crippen LogP contribution in [0.2, 0.25) is 0 Å². The van der Waals surface area contributed by atoms with Gasteiger partial charge in [0.15, 0.2) is 0 Å². The zero-order chi connectivity index (χ0) is 10.3. The van der Waals surface area contributed by atoms with Crippen LogP contribution in [0, 0.1) is 5.41 Å². The Morgan fingerprint density at radius 1 is 1.38 bits per heavy atom. The highest BCUT2D eigenvalue weighted by atomic mass is 33.1. The Morgan fingerprint density at radius 2 is 2.00 bits per heavy atom. The van der Waals surface area contributed by atoms with Crippen LogP contribution >= 0.6 is 21.6 Å². The molecule has 0 rings (SSSR count). The smallest absolute Gasteiger partial charge is 0.139 e. The second-order valence-electron chi connectivity index (χ2n) is 3.82. The van der Waals surface area contributed by atoms with Gasteiger partial charge in [-0.3, -0.25) is 4.79 Å². The fourth-order valence-electron chi connectivity index (χ4n) is 0.665. The Kier molecular flexibility index (Phi) is 6.60. The molecule has 3 heteroatoms. The third kappa shape index (κ3) is 7.20. The Bertz CT molecular complexity index is 170. The van der Waals surface area contributed by atoms with E-state index in [4.69, 9.17) is 0 Å². The minimum Gasteiger partial charge on any atom is -0.299 e. The van der Waals surface area contributed by atoms with Gasteiger partial charge in [-0.25, -0.2) is 0 Å². The minimum atomic E-state index is -0.177. The van der Waals surface area contributed by atoms with Gasteiger partial charge in [0.2, 0.25) is 0 Å². The molecule has 76 valence electrons. The molecule has 0 fully saturated rings. The summed E-state index contributed by atoms with van der Waals surface area (Å²) in [5.41, 5.74) is -0.177. The minimum absolute atomic E-state index is 0.177. The van der Waals surface area contributed by atoms with E-state index in [9.17, 15) is 4.79 Å². The van der Waals surface area contributed by atoms with Crippen molar-refractivity contribution in [3.63, 3.8) is 0 Å². The lowest BCUT2D eigenvalue weighted by molar-refractivity contribution is -0.125. The normalized spacial score (nSPS) is 11.3. The topological polar surface area (TPSA) is 17.1 Å². The first-order valence-electron chi connectivity index (χ1n) is 4.37.